The average molecular weight is 455 g/mol. The predicted octanol–water partition coefficient (Wildman–Crippen LogP) is 0.672. The first-order valence-corrected chi connectivity index (χ1v) is 10.2. The summed E-state index contributed by atoms with van der Waals surface area (Å²) in [6, 6.07) is 5.50. The molecule has 1 aromatic carbocycles. The molecule has 0 aliphatic carbocycles. The smallest absolute Gasteiger partial charge is 0.272 e. The Bertz CT molecular complexity index is 1250. The first kappa shape index (κ1) is 21.2. The summed E-state index contributed by atoms with van der Waals surface area (Å²) in [6.45, 7) is 2.52. The van der Waals surface area contributed by atoms with E-state index in [9.17, 15) is 15.0 Å². The SMILES string of the molecule is CC(=O)[C@H]1O[C@@H](n2cnc3c(N)nc(N=NCc4ccc5c(c4)OCCO5)nc32)[C@H](O)[C@@H]1O. The number of rotatable bonds is 5. The number of nitrogens with two attached hydrogens (primary N) is 1. The molecule has 3 aromatic rings. The number of carbonyl (C=O) groups excluding carboxylic acids is 1. The van der Waals surface area contributed by atoms with Crippen molar-refractivity contribution >= 4 is 28.7 Å². The molecule has 13 nitrogen and oxygen atoms in total. The summed E-state index contributed by atoms with van der Waals surface area (Å²) in [6.07, 6.45) is -3.65. The first-order valence-electron chi connectivity index (χ1n) is 10.2. The zero-order valence-corrected chi connectivity index (χ0v) is 17.5. The van der Waals surface area contributed by atoms with Crippen LogP contribution in [-0.2, 0) is 16.1 Å². The van der Waals surface area contributed by atoms with Crippen LogP contribution in [0.5, 0.6) is 11.5 Å². The third-order valence-corrected chi connectivity index (χ3v) is 5.37. The Hall–Kier alpha value is -3.68. The van der Waals surface area contributed by atoms with Gasteiger partial charge in [-0.1, -0.05) is 6.07 Å². The highest BCUT2D eigenvalue weighted by atomic mass is 16.6. The van der Waals surface area contributed by atoms with Gasteiger partial charge < -0.3 is 30.2 Å². The van der Waals surface area contributed by atoms with Crippen molar-refractivity contribution in [3.05, 3.63) is 30.1 Å². The van der Waals surface area contributed by atoms with Crippen molar-refractivity contribution in [1.82, 2.24) is 19.5 Å². The fourth-order valence-electron chi connectivity index (χ4n) is 3.75. The molecular weight excluding hydrogens is 434 g/mol. The number of hydrogen-bond acceptors (Lipinski definition) is 12. The molecule has 0 radical (unpaired) electrons. The van der Waals surface area contributed by atoms with Crippen molar-refractivity contribution in [1.29, 1.82) is 0 Å². The van der Waals surface area contributed by atoms with Crippen LogP contribution in [0.3, 0.4) is 0 Å². The molecule has 172 valence electrons. The number of fused-ring (bicyclic) bond motifs is 2. The lowest BCUT2D eigenvalue weighted by Gasteiger charge is -2.18. The highest BCUT2D eigenvalue weighted by Crippen LogP contribution is 2.33. The van der Waals surface area contributed by atoms with Crippen LogP contribution in [0.1, 0.15) is 18.7 Å². The van der Waals surface area contributed by atoms with E-state index in [1.165, 1.54) is 17.8 Å². The van der Waals surface area contributed by atoms with Crippen molar-refractivity contribution in [2.24, 2.45) is 10.2 Å². The summed E-state index contributed by atoms with van der Waals surface area (Å²) < 4.78 is 18.0. The van der Waals surface area contributed by atoms with Crippen molar-refractivity contribution in [3.63, 3.8) is 0 Å². The van der Waals surface area contributed by atoms with E-state index in [1.807, 2.05) is 18.2 Å². The first-order chi connectivity index (χ1) is 15.9. The third-order valence-electron chi connectivity index (χ3n) is 5.37. The van der Waals surface area contributed by atoms with Crippen LogP contribution in [0, 0.1) is 0 Å². The second-order valence-electron chi connectivity index (χ2n) is 7.65. The molecule has 4 atom stereocenters. The highest BCUT2D eigenvalue weighted by molar-refractivity contribution is 5.83. The molecule has 2 aromatic heterocycles. The van der Waals surface area contributed by atoms with Gasteiger partial charge in [-0.25, -0.2) is 4.98 Å². The molecule has 13 heteroatoms. The summed E-state index contributed by atoms with van der Waals surface area (Å²) >= 11 is 0. The number of nitrogen functional groups attached to an aromatic ring is 1. The zero-order valence-electron chi connectivity index (χ0n) is 17.5. The topological polar surface area (TPSA) is 180 Å². The molecule has 2 aliphatic heterocycles. The minimum atomic E-state index is -1.38. The Morgan fingerprint density at radius 3 is 2.76 bits per heavy atom. The van der Waals surface area contributed by atoms with Crippen LogP contribution in [0.4, 0.5) is 11.8 Å². The van der Waals surface area contributed by atoms with Crippen LogP contribution < -0.4 is 15.2 Å². The van der Waals surface area contributed by atoms with Crippen molar-refractivity contribution in [3.8, 4) is 11.5 Å². The lowest BCUT2D eigenvalue weighted by Crippen LogP contribution is -2.34. The maximum atomic E-state index is 11.7. The molecule has 2 aliphatic rings. The van der Waals surface area contributed by atoms with Gasteiger partial charge in [0, 0.05) is 0 Å². The number of imidazole rings is 1. The second-order valence-corrected chi connectivity index (χ2v) is 7.65. The fraction of sp³-hybridized carbons (Fsp3) is 0.400. The lowest BCUT2D eigenvalue weighted by molar-refractivity contribution is -0.133. The maximum absolute atomic E-state index is 11.7. The number of nitrogens with zero attached hydrogens (tertiary/aromatic N) is 6. The Balaban J connectivity index is 1.39. The largest absolute Gasteiger partial charge is 0.486 e. The number of aliphatic hydroxyl groups is 2. The van der Waals surface area contributed by atoms with Crippen LogP contribution in [-0.4, -0.2) is 67.0 Å². The summed E-state index contributed by atoms with van der Waals surface area (Å²) in [5, 5.41) is 28.7. The standard InChI is InChI=1S/C20H21N7O6/c1-9(28)16-14(29)15(30)19(33-16)27-8-22-13-17(21)24-20(25-18(13)27)26-23-7-10-2-3-11-12(6-10)32-5-4-31-11/h2-3,6,8,14-16,19,29-30H,4-5,7H2,1H3,(H2,21,24,25)/t14-,15+,16+,19+/m0/s1. The second kappa shape index (κ2) is 8.35. The number of hydrogen-bond donors (Lipinski definition) is 3. The van der Waals surface area contributed by atoms with E-state index in [0.29, 0.717) is 24.7 Å². The molecule has 1 fully saturated rings. The molecule has 0 bridgehead atoms. The van der Waals surface area contributed by atoms with Gasteiger partial charge in [-0.15, -0.1) is 5.11 Å². The molecule has 33 heavy (non-hydrogen) atoms. The average Bonchev–Trinajstić information content (AvgIpc) is 3.35. The van der Waals surface area contributed by atoms with E-state index in [4.69, 9.17) is 19.9 Å². The number of ether oxygens (including phenoxy) is 3. The molecule has 1 saturated heterocycles. The maximum Gasteiger partial charge on any atom is 0.272 e. The molecular formula is C20H21N7O6. The number of ketones is 1. The summed E-state index contributed by atoms with van der Waals surface area (Å²) in [4.78, 5) is 24.3. The minimum absolute atomic E-state index is 0.0181. The van der Waals surface area contributed by atoms with Crippen molar-refractivity contribution in [2.75, 3.05) is 18.9 Å². The Labute approximate surface area is 186 Å². The molecule has 0 saturated carbocycles. The van der Waals surface area contributed by atoms with Gasteiger partial charge in [0.2, 0.25) is 0 Å². The molecule has 4 heterocycles. The summed E-state index contributed by atoms with van der Waals surface area (Å²) in [7, 11) is 0. The van der Waals surface area contributed by atoms with E-state index in [-0.39, 0.29) is 29.5 Å². The highest BCUT2D eigenvalue weighted by Gasteiger charge is 2.46. The minimum Gasteiger partial charge on any atom is -0.486 e. The molecule has 5 rings (SSSR count). The third kappa shape index (κ3) is 3.86. The van der Waals surface area contributed by atoms with Crippen LogP contribution >= 0.6 is 0 Å². The van der Waals surface area contributed by atoms with Gasteiger partial charge in [0.15, 0.2) is 35.0 Å². The summed E-state index contributed by atoms with van der Waals surface area (Å²) in [5.74, 6) is 0.973. The molecule has 0 unspecified atom stereocenters. The number of aliphatic hydroxyl groups excluding tert-OH is 2. The monoisotopic (exact) mass is 455 g/mol. The quantitative estimate of drug-likeness (QED) is 0.463. The van der Waals surface area contributed by atoms with E-state index >= 15 is 0 Å². The van der Waals surface area contributed by atoms with E-state index in [0.717, 1.165) is 5.56 Å². The van der Waals surface area contributed by atoms with Gasteiger partial charge in [-0.05, 0) is 24.6 Å². The van der Waals surface area contributed by atoms with Gasteiger partial charge in [-0.2, -0.15) is 15.1 Å². The Morgan fingerprint density at radius 1 is 1.21 bits per heavy atom. The number of Topliss-reactive ketones (excluding diaryl/α,β-unsaturated/α-hetero) is 1. The number of aromatic nitrogens is 4. The van der Waals surface area contributed by atoms with E-state index in [2.05, 4.69) is 25.2 Å². The summed E-state index contributed by atoms with van der Waals surface area (Å²) in [5.41, 5.74) is 7.34. The van der Waals surface area contributed by atoms with E-state index < -0.39 is 30.3 Å². The van der Waals surface area contributed by atoms with Crippen molar-refractivity contribution < 1.29 is 29.2 Å². The Kier molecular flexibility index (Phi) is 5.36. The molecule has 0 spiro atoms. The predicted molar refractivity (Wildman–Crippen MR) is 112 cm³/mol. The zero-order chi connectivity index (χ0) is 23.1. The normalized spacial score (nSPS) is 24.6. The van der Waals surface area contributed by atoms with Gasteiger partial charge >= 0.3 is 0 Å². The Morgan fingerprint density at radius 2 is 2.00 bits per heavy atom. The van der Waals surface area contributed by atoms with E-state index in [1.54, 1.807) is 0 Å². The van der Waals surface area contributed by atoms with Crippen LogP contribution in [0.15, 0.2) is 34.8 Å². The van der Waals surface area contributed by atoms with Gasteiger partial charge in [-0.3, -0.25) is 9.36 Å². The van der Waals surface area contributed by atoms with Crippen molar-refractivity contribution in [2.45, 2.75) is 38.0 Å². The van der Waals surface area contributed by atoms with Crippen LogP contribution in [0.25, 0.3) is 11.2 Å². The number of benzene rings is 1. The van der Waals surface area contributed by atoms with Gasteiger partial charge in [0.1, 0.15) is 37.0 Å². The van der Waals surface area contributed by atoms with Gasteiger partial charge in [0.05, 0.1) is 12.9 Å². The van der Waals surface area contributed by atoms with Gasteiger partial charge in [0.25, 0.3) is 5.95 Å². The fourth-order valence-corrected chi connectivity index (χ4v) is 3.75. The number of azo groups is 1. The molecule has 4 N–H and O–H groups in total. The molecule has 0 amide bonds. The lowest BCUT2D eigenvalue weighted by atomic mass is 10.1. The van der Waals surface area contributed by atoms with Crippen LogP contribution in [0.2, 0.25) is 0 Å². The number of anilines is 1. The number of carbonyl (C=O) groups is 1.